The summed E-state index contributed by atoms with van der Waals surface area (Å²) in [6.45, 7) is 6.91. The summed E-state index contributed by atoms with van der Waals surface area (Å²) in [5.74, 6) is 0. The van der Waals surface area contributed by atoms with Crippen molar-refractivity contribution >= 4 is 33.2 Å². The van der Waals surface area contributed by atoms with Crippen molar-refractivity contribution in [3.8, 4) is 50.2 Å². The third-order valence-corrected chi connectivity index (χ3v) is 10.5. The van der Waals surface area contributed by atoms with Gasteiger partial charge in [-0.05, 0) is 92.9 Å². The van der Waals surface area contributed by atoms with Crippen molar-refractivity contribution in [3.63, 3.8) is 0 Å². The third-order valence-electron chi connectivity index (χ3n) is 10.5. The van der Waals surface area contributed by atoms with Crippen LogP contribution in [0, 0.1) is 0 Å². The number of benzene rings is 8. The molecule has 0 unspecified atom stereocenters. The number of para-hydroxylation sites is 3. The lowest BCUT2D eigenvalue weighted by Crippen LogP contribution is -2.11. The zero-order valence-corrected chi connectivity index (χ0v) is 30.9. The van der Waals surface area contributed by atoms with Gasteiger partial charge in [-0.25, -0.2) is 0 Å². The number of fused-ring (bicyclic) bond motifs is 3. The number of aromatic nitrogens is 1. The number of rotatable bonds is 7. The average molecular weight is 695 g/mol. The second-order valence-electron chi connectivity index (χ2n) is 15.1. The van der Waals surface area contributed by atoms with Crippen molar-refractivity contribution in [2.75, 3.05) is 5.32 Å². The van der Waals surface area contributed by atoms with Gasteiger partial charge in [0.15, 0.2) is 0 Å². The van der Waals surface area contributed by atoms with Crippen LogP contribution in [0.25, 0.3) is 72.0 Å². The molecule has 8 aromatic carbocycles. The SMILES string of the molecule is CC(C)(C)c1cc(-c2cccc(-c3ccccc3)c2)cc(-c2cccc(-c3ccccc3)c2Nc2ccc3c(c2)c2ccccc2n3-c2ccccc2)c1. The molecule has 1 aromatic heterocycles. The number of hydrogen-bond acceptors (Lipinski definition) is 1. The van der Waals surface area contributed by atoms with E-state index in [2.05, 4.69) is 225 Å². The lowest BCUT2D eigenvalue weighted by molar-refractivity contribution is 0.590. The van der Waals surface area contributed by atoms with Gasteiger partial charge in [0.2, 0.25) is 0 Å². The molecule has 1 N–H and O–H groups in total. The van der Waals surface area contributed by atoms with Crippen LogP contribution in [0.15, 0.2) is 194 Å². The smallest absolute Gasteiger partial charge is 0.0543 e. The lowest BCUT2D eigenvalue weighted by Gasteiger charge is -2.23. The highest BCUT2D eigenvalue weighted by molar-refractivity contribution is 6.10. The molecule has 9 aromatic rings. The first-order valence-corrected chi connectivity index (χ1v) is 18.8. The number of nitrogens with one attached hydrogen (secondary N) is 1. The van der Waals surface area contributed by atoms with E-state index in [4.69, 9.17) is 0 Å². The summed E-state index contributed by atoms with van der Waals surface area (Å²) in [5, 5.41) is 6.43. The summed E-state index contributed by atoms with van der Waals surface area (Å²) in [5.41, 5.74) is 16.5. The maximum Gasteiger partial charge on any atom is 0.0543 e. The van der Waals surface area contributed by atoms with Gasteiger partial charge in [-0.2, -0.15) is 0 Å². The van der Waals surface area contributed by atoms with Crippen LogP contribution in [0.3, 0.4) is 0 Å². The predicted octanol–water partition coefficient (Wildman–Crippen LogP) is 14.5. The molecule has 0 spiro atoms. The fraction of sp³-hybridized carbons (Fsp3) is 0.0769. The first-order valence-electron chi connectivity index (χ1n) is 18.8. The Kier molecular flexibility index (Phi) is 8.44. The molecule has 54 heavy (non-hydrogen) atoms. The molecular weight excluding hydrogens is 653 g/mol. The maximum absolute atomic E-state index is 3.98. The van der Waals surface area contributed by atoms with Crippen LogP contribution in [0.1, 0.15) is 26.3 Å². The zero-order valence-electron chi connectivity index (χ0n) is 30.9. The van der Waals surface area contributed by atoms with E-state index >= 15 is 0 Å². The number of anilines is 2. The van der Waals surface area contributed by atoms with Crippen LogP contribution in [-0.4, -0.2) is 4.57 Å². The van der Waals surface area contributed by atoms with E-state index in [0.717, 1.165) is 28.2 Å². The van der Waals surface area contributed by atoms with Gasteiger partial charge < -0.3 is 9.88 Å². The van der Waals surface area contributed by atoms with Crippen molar-refractivity contribution in [2.45, 2.75) is 26.2 Å². The van der Waals surface area contributed by atoms with Gasteiger partial charge in [-0.15, -0.1) is 0 Å². The summed E-state index contributed by atoms with van der Waals surface area (Å²) in [6, 6.07) is 70.3. The summed E-state index contributed by atoms with van der Waals surface area (Å²) in [4.78, 5) is 0. The first-order chi connectivity index (χ1) is 26.4. The Morgan fingerprint density at radius 3 is 1.65 bits per heavy atom. The van der Waals surface area contributed by atoms with Crippen molar-refractivity contribution in [1.82, 2.24) is 4.57 Å². The lowest BCUT2D eigenvalue weighted by atomic mass is 9.82. The van der Waals surface area contributed by atoms with Gasteiger partial charge >= 0.3 is 0 Å². The van der Waals surface area contributed by atoms with Crippen LogP contribution in [0.5, 0.6) is 0 Å². The monoisotopic (exact) mass is 694 g/mol. The Balaban J connectivity index is 1.22. The van der Waals surface area contributed by atoms with Crippen LogP contribution in [-0.2, 0) is 5.41 Å². The zero-order chi connectivity index (χ0) is 36.6. The highest BCUT2D eigenvalue weighted by atomic mass is 15.0. The van der Waals surface area contributed by atoms with E-state index in [9.17, 15) is 0 Å². The van der Waals surface area contributed by atoms with E-state index in [0.29, 0.717) is 0 Å². The van der Waals surface area contributed by atoms with E-state index in [1.54, 1.807) is 0 Å². The molecular formula is C52H42N2. The normalized spacial score (nSPS) is 11.6. The predicted molar refractivity (Wildman–Crippen MR) is 231 cm³/mol. The standard InChI is InChI=1S/C52H42N2/c1-52(2,3)42-33-40(39-22-15-21-38(31-39)36-17-7-4-8-18-36)32-41(34-42)46-27-16-26-45(37-19-9-5-10-20-37)51(46)53-43-29-30-50-48(35-43)47-25-13-14-28-49(47)54(50)44-23-11-6-12-24-44/h4-35,53H,1-3H3. The summed E-state index contributed by atoms with van der Waals surface area (Å²) in [7, 11) is 0. The van der Waals surface area contributed by atoms with Crippen molar-refractivity contribution < 1.29 is 0 Å². The Morgan fingerprint density at radius 1 is 0.389 bits per heavy atom. The minimum absolute atomic E-state index is 0.0512. The van der Waals surface area contributed by atoms with Crippen LogP contribution in [0.4, 0.5) is 11.4 Å². The van der Waals surface area contributed by atoms with Crippen molar-refractivity contribution in [1.29, 1.82) is 0 Å². The molecule has 1 heterocycles. The average Bonchev–Trinajstić information content (AvgIpc) is 3.55. The molecule has 0 aliphatic rings. The molecule has 0 bridgehead atoms. The van der Waals surface area contributed by atoms with Gasteiger partial charge in [-0.1, -0.05) is 166 Å². The molecule has 2 nitrogen and oxygen atoms in total. The topological polar surface area (TPSA) is 17.0 Å². The van der Waals surface area contributed by atoms with Gasteiger partial charge in [-0.3, -0.25) is 0 Å². The molecule has 0 atom stereocenters. The Labute approximate surface area is 318 Å². The van der Waals surface area contributed by atoms with Crippen LogP contribution >= 0.6 is 0 Å². The molecule has 2 heteroatoms. The van der Waals surface area contributed by atoms with Gasteiger partial charge in [0.05, 0.1) is 16.7 Å². The molecule has 0 radical (unpaired) electrons. The Bertz CT molecular complexity index is 2750. The van der Waals surface area contributed by atoms with Crippen molar-refractivity contribution in [2.24, 2.45) is 0 Å². The second-order valence-corrected chi connectivity index (χ2v) is 15.1. The minimum Gasteiger partial charge on any atom is -0.354 e. The van der Waals surface area contributed by atoms with E-state index in [-0.39, 0.29) is 5.41 Å². The molecule has 0 saturated heterocycles. The second kappa shape index (κ2) is 13.7. The summed E-state index contributed by atoms with van der Waals surface area (Å²) < 4.78 is 2.37. The van der Waals surface area contributed by atoms with Crippen molar-refractivity contribution in [3.05, 3.63) is 200 Å². The fourth-order valence-corrected chi connectivity index (χ4v) is 7.73. The largest absolute Gasteiger partial charge is 0.354 e. The molecule has 260 valence electrons. The first kappa shape index (κ1) is 33.2. The quantitative estimate of drug-likeness (QED) is 0.176. The van der Waals surface area contributed by atoms with Gasteiger partial charge in [0.25, 0.3) is 0 Å². The summed E-state index contributed by atoms with van der Waals surface area (Å²) >= 11 is 0. The molecule has 0 saturated carbocycles. The fourth-order valence-electron chi connectivity index (χ4n) is 7.73. The Hall–Kier alpha value is -6.64. The van der Waals surface area contributed by atoms with Crippen LogP contribution in [0.2, 0.25) is 0 Å². The molecule has 0 fully saturated rings. The van der Waals surface area contributed by atoms with E-state index in [1.807, 2.05) is 0 Å². The third kappa shape index (κ3) is 6.27. The highest BCUT2D eigenvalue weighted by Gasteiger charge is 2.20. The maximum atomic E-state index is 3.98. The minimum atomic E-state index is -0.0512. The summed E-state index contributed by atoms with van der Waals surface area (Å²) in [6.07, 6.45) is 0. The number of nitrogens with zero attached hydrogens (tertiary/aromatic N) is 1. The van der Waals surface area contributed by atoms with Crippen LogP contribution < -0.4 is 5.32 Å². The van der Waals surface area contributed by atoms with E-state index < -0.39 is 0 Å². The molecule has 9 rings (SSSR count). The van der Waals surface area contributed by atoms with Gasteiger partial charge in [0, 0.05) is 33.3 Å². The number of hydrogen-bond donors (Lipinski definition) is 1. The molecule has 0 amide bonds. The Morgan fingerprint density at radius 2 is 0.926 bits per heavy atom. The highest BCUT2D eigenvalue weighted by Crippen LogP contribution is 2.43. The molecule has 0 aliphatic carbocycles. The van der Waals surface area contributed by atoms with E-state index in [1.165, 1.54) is 60.8 Å². The molecule has 0 aliphatic heterocycles. The van der Waals surface area contributed by atoms with Gasteiger partial charge in [0.1, 0.15) is 0 Å².